The maximum atomic E-state index is 9.33. The molecule has 0 unspecified atom stereocenters. The number of nitrogens with one attached hydrogen (secondary N) is 1. The summed E-state index contributed by atoms with van der Waals surface area (Å²) >= 11 is 36.4. The molecule has 64 heavy (non-hydrogen) atoms. The van der Waals surface area contributed by atoms with Crippen molar-refractivity contribution in [3.05, 3.63) is 104 Å². The van der Waals surface area contributed by atoms with E-state index < -0.39 is 0 Å². The molecule has 3 aliphatic rings. The van der Waals surface area contributed by atoms with E-state index in [4.69, 9.17) is 103 Å². The quantitative estimate of drug-likeness (QED) is 0.117. The first kappa shape index (κ1) is 46.7. The third-order valence-corrected chi connectivity index (χ3v) is 10.3. The van der Waals surface area contributed by atoms with E-state index in [1.54, 1.807) is 71.9 Å². The van der Waals surface area contributed by atoms with Crippen molar-refractivity contribution in [2.75, 3.05) is 61.8 Å². The SMILES string of the molecule is CC(C)(C)OCCN(c1ccnc(Cl)n1)c1c(Cl)ccc2c1OCO2.Clc1nccc(Nc2c(Cl)ccc3c2OCO3)n1.OCCN(c1ccnc(Cl)n1)c1c(Cl)ccc2c1OCO2. The summed E-state index contributed by atoms with van der Waals surface area (Å²) in [4.78, 5) is 27.7. The standard InChI is InChI=1S/C17H19Cl2N3O3.C13H11Cl2N3O3.C11H7Cl2N3O2/c1-17(2,3)25-9-8-22(13-6-7-20-16(19)21-13)14-11(18)4-5-12-15(14)24-10-23-12;14-8-1-2-9-12(21-7-20-9)11(8)18(5-6-19)10-3-4-16-13(15)17-10;12-6-1-2-7-10(18-5-17-7)9(6)15-8-3-4-14-11(13)16-8/h4-7H,8-10H2,1-3H3;1-4,19H,5-7H2;1-4H,5H2,(H,14,15,16). The molecule has 0 saturated heterocycles. The summed E-state index contributed by atoms with van der Waals surface area (Å²) in [5.41, 5.74) is 1.60. The number of halogens is 6. The van der Waals surface area contributed by atoms with Gasteiger partial charge >= 0.3 is 0 Å². The van der Waals surface area contributed by atoms with E-state index in [0.29, 0.717) is 97.2 Å². The molecule has 23 heteroatoms. The van der Waals surface area contributed by atoms with Crippen LogP contribution < -0.4 is 43.5 Å². The maximum Gasteiger partial charge on any atom is 0.231 e. The van der Waals surface area contributed by atoms with E-state index in [1.807, 2.05) is 25.7 Å². The van der Waals surface area contributed by atoms with Crippen LogP contribution in [-0.4, -0.2) is 87.3 Å². The highest BCUT2D eigenvalue weighted by Crippen LogP contribution is 2.49. The van der Waals surface area contributed by atoms with E-state index in [1.165, 1.54) is 6.20 Å². The highest BCUT2D eigenvalue weighted by atomic mass is 35.5. The fourth-order valence-electron chi connectivity index (χ4n) is 6.15. The molecule has 0 spiro atoms. The van der Waals surface area contributed by atoms with E-state index in [0.717, 1.165) is 0 Å². The van der Waals surface area contributed by atoms with Crippen LogP contribution in [0.25, 0.3) is 0 Å². The Morgan fingerprint density at radius 2 is 1.03 bits per heavy atom. The molecule has 9 rings (SSSR count). The first-order valence-corrected chi connectivity index (χ1v) is 21.3. The molecule has 0 bridgehead atoms. The third-order valence-electron chi connectivity index (χ3n) is 8.78. The Morgan fingerprint density at radius 1 is 0.578 bits per heavy atom. The van der Waals surface area contributed by atoms with E-state index >= 15 is 0 Å². The zero-order valence-electron chi connectivity index (χ0n) is 34.0. The van der Waals surface area contributed by atoms with Crippen LogP contribution in [0.2, 0.25) is 30.9 Å². The van der Waals surface area contributed by atoms with Gasteiger partial charge < -0.3 is 53.4 Å². The average Bonchev–Trinajstić information content (AvgIpc) is 4.06. The number of aromatic nitrogens is 6. The molecule has 0 radical (unpaired) electrons. The van der Waals surface area contributed by atoms with Crippen molar-refractivity contribution in [1.29, 1.82) is 0 Å². The van der Waals surface area contributed by atoms with Crippen molar-refractivity contribution in [3.63, 3.8) is 0 Å². The number of hydrogen-bond acceptors (Lipinski definition) is 17. The van der Waals surface area contributed by atoms with Crippen LogP contribution in [0.5, 0.6) is 34.5 Å². The summed E-state index contributed by atoms with van der Waals surface area (Å²) < 4.78 is 38.4. The second-order valence-electron chi connectivity index (χ2n) is 14.1. The van der Waals surface area contributed by atoms with Gasteiger partial charge in [-0.05, 0) is 110 Å². The van der Waals surface area contributed by atoms with Gasteiger partial charge in [0, 0.05) is 31.7 Å². The molecule has 336 valence electrons. The maximum absolute atomic E-state index is 9.33. The predicted molar refractivity (Wildman–Crippen MR) is 244 cm³/mol. The Balaban J connectivity index is 0.000000145. The van der Waals surface area contributed by atoms with E-state index in [2.05, 4.69) is 35.2 Å². The largest absolute Gasteiger partial charge is 0.454 e. The summed E-state index contributed by atoms with van der Waals surface area (Å²) in [6, 6.07) is 15.6. The lowest BCUT2D eigenvalue weighted by atomic mass is 10.2. The number of ether oxygens (including phenoxy) is 7. The number of fused-ring (bicyclic) bond motifs is 3. The van der Waals surface area contributed by atoms with Crippen LogP contribution in [-0.2, 0) is 4.74 Å². The minimum Gasteiger partial charge on any atom is -0.454 e. The Labute approximate surface area is 397 Å². The van der Waals surface area contributed by atoms with Crippen molar-refractivity contribution >= 4 is 104 Å². The van der Waals surface area contributed by atoms with Gasteiger partial charge in [0.05, 0.1) is 33.9 Å². The van der Waals surface area contributed by atoms with Gasteiger partial charge in [-0.25, -0.2) is 29.9 Å². The predicted octanol–water partition coefficient (Wildman–Crippen LogP) is 10.4. The smallest absolute Gasteiger partial charge is 0.231 e. The number of hydrogen-bond donors (Lipinski definition) is 2. The molecule has 2 N–H and O–H groups in total. The first-order valence-electron chi connectivity index (χ1n) is 19.1. The van der Waals surface area contributed by atoms with Crippen molar-refractivity contribution in [2.45, 2.75) is 26.4 Å². The molecular weight excluding hydrogens is 959 g/mol. The molecular formula is C41H37Cl6N9O8. The Kier molecular flexibility index (Phi) is 15.5. The van der Waals surface area contributed by atoms with Gasteiger partial charge in [0.2, 0.25) is 36.2 Å². The van der Waals surface area contributed by atoms with Crippen molar-refractivity contribution in [3.8, 4) is 34.5 Å². The van der Waals surface area contributed by atoms with Gasteiger partial charge in [0.15, 0.2) is 34.5 Å². The summed E-state index contributed by atoms with van der Waals surface area (Å²) in [7, 11) is 0. The molecule has 0 aliphatic carbocycles. The summed E-state index contributed by atoms with van der Waals surface area (Å²) in [6.45, 7) is 7.61. The highest BCUT2D eigenvalue weighted by molar-refractivity contribution is 6.35. The van der Waals surface area contributed by atoms with E-state index in [9.17, 15) is 5.11 Å². The van der Waals surface area contributed by atoms with Gasteiger partial charge in [0.25, 0.3) is 0 Å². The van der Waals surface area contributed by atoms with E-state index in [-0.39, 0.29) is 55.0 Å². The zero-order chi connectivity index (χ0) is 45.4. The molecule has 17 nitrogen and oxygen atoms in total. The van der Waals surface area contributed by atoms with Crippen LogP contribution >= 0.6 is 69.6 Å². The number of nitrogens with zero attached hydrogens (tertiary/aromatic N) is 8. The minimum atomic E-state index is -0.253. The van der Waals surface area contributed by atoms with Crippen LogP contribution in [0.3, 0.4) is 0 Å². The van der Waals surface area contributed by atoms with Gasteiger partial charge in [-0.1, -0.05) is 34.8 Å². The van der Waals surface area contributed by atoms with Gasteiger partial charge in [-0.2, -0.15) is 0 Å². The molecule has 3 aromatic carbocycles. The summed E-state index contributed by atoms with van der Waals surface area (Å²) in [5.74, 6) is 5.18. The summed E-state index contributed by atoms with van der Waals surface area (Å²) in [5, 5.41) is 14.3. The molecule has 0 fully saturated rings. The van der Waals surface area contributed by atoms with Gasteiger partial charge in [0.1, 0.15) is 34.5 Å². The lowest BCUT2D eigenvalue weighted by Crippen LogP contribution is -2.28. The number of aliphatic hydroxyl groups is 1. The van der Waals surface area contributed by atoms with Crippen molar-refractivity contribution < 1.29 is 38.3 Å². The van der Waals surface area contributed by atoms with Crippen molar-refractivity contribution in [2.24, 2.45) is 0 Å². The topological polar surface area (TPSA) is 181 Å². The Morgan fingerprint density at radius 3 is 1.52 bits per heavy atom. The highest BCUT2D eigenvalue weighted by Gasteiger charge is 2.28. The molecule has 3 aromatic heterocycles. The fraction of sp³-hybridized carbons (Fsp3) is 0.268. The van der Waals surface area contributed by atoms with Crippen molar-refractivity contribution in [1.82, 2.24) is 29.9 Å². The molecule has 6 heterocycles. The number of benzene rings is 3. The molecule has 3 aliphatic heterocycles. The average molecular weight is 997 g/mol. The normalized spacial score (nSPS) is 12.8. The molecule has 0 atom stereocenters. The van der Waals surface area contributed by atoms with Gasteiger partial charge in [-0.3, -0.25) is 0 Å². The van der Waals surface area contributed by atoms with Gasteiger partial charge in [-0.15, -0.1) is 0 Å². The Hall–Kier alpha value is -5.24. The first-order chi connectivity index (χ1) is 30.8. The van der Waals surface area contributed by atoms with Crippen LogP contribution in [0, 0.1) is 0 Å². The molecule has 0 saturated carbocycles. The third kappa shape index (κ3) is 11.5. The van der Waals surface area contributed by atoms with Crippen LogP contribution in [0.1, 0.15) is 20.8 Å². The number of anilines is 6. The molecule has 0 amide bonds. The summed E-state index contributed by atoms with van der Waals surface area (Å²) in [6.07, 6.45) is 4.67. The van der Waals surface area contributed by atoms with Crippen LogP contribution in [0.15, 0.2) is 73.2 Å². The molecule has 6 aromatic rings. The number of aliphatic hydroxyl groups excluding tert-OH is 1. The second kappa shape index (κ2) is 21.2. The lowest BCUT2D eigenvalue weighted by Gasteiger charge is -2.28. The second-order valence-corrected chi connectivity index (χ2v) is 16.3. The van der Waals surface area contributed by atoms with Crippen LogP contribution in [0.4, 0.5) is 34.5 Å². The minimum absolute atomic E-state index is 0.0948. The monoisotopic (exact) mass is 993 g/mol. The Bertz CT molecular complexity index is 2600. The lowest BCUT2D eigenvalue weighted by molar-refractivity contribution is 0.00195. The number of rotatable bonds is 11. The fourth-order valence-corrected chi connectivity index (χ4v) is 7.28. The zero-order valence-corrected chi connectivity index (χ0v) is 38.6.